The molecule has 9 nitrogen and oxygen atoms in total. The molecule has 4 rings (SSSR count). The number of hydrogen-bond donors (Lipinski definition) is 1. The number of anilines is 1. The topological polar surface area (TPSA) is 115 Å². The van der Waals surface area contributed by atoms with E-state index in [1.54, 1.807) is 31.3 Å². The summed E-state index contributed by atoms with van der Waals surface area (Å²) in [7, 11) is -3.72. The van der Waals surface area contributed by atoms with E-state index in [1.807, 2.05) is 30.3 Å². The summed E-state index contributed by atoms with van der Waals surface area (Å²) in [6, 6.07) is 14.0. The second-order valence-electron chi connectivity index (χ2n) is 7.91. The lowest BCUT2D eigenvalue weighted by Gasteiger charge is -2.26. The largest absolute Gasteiger partial charge is 0.452 e. The van der Waals surface area contributed by atoms with E-state index in [-0.39, 0.29) is 18.0 Å². The number of esters is 1. The second-order valence-corrected chi connectivity index (χ2v) is 9.81. The predicted molar refractivity (Wildman–Crippen MR) is 131 cm³/mol. The van der Waals surface area contributed by atoms with Crippen LogP contribution < -0.4 is 5.32 Å². The Bertz CT molecular complexity index is 1380. The van der Waals surface area contributed by atoms with Crippen molar-refractivity contribution in [3.8, 4) is 0 Å². The highest BCUT2D eigenvalue weighted by atomic mass is 32.2. The molecule has 0 spiro atoms. The van der Waals surface area contributed by atoms with Crippen molar-refractivity contribution in [3.63, 3.8) is 0 Å². The van der Waals surface area contributed by atoms with E-state index in [4.69, 9.17) is 9.47 Å². The van der Waals surface area contributed by atoms with Gasteiger partial charge in [0.15, 0.2) is 6.61 Å². The number of amides is 1. The molecule has 182 valence electrons. The van der Waals surface area contributed by atoms with Crippen LogP contribution in [0.15, 0.2) is 65.7 Å². The Morgan fingerprint density at radius 1 is 1.14 bits per heavy atom. The van der Waals surface area contributed by atoms with Crippen LogP contribution in [0.3, 0.4) is 0 Å². The molecule has 1 aromatic heterocycles. The van der Waals surface area contributed by atoms with Gasteiger partial charge in [-0.1, -0.05) is 30.3 Å². The number of fused-ring (bicyclic) bond motifs is 1. The van der Waals surface area contributed by atoms with Gasteiger partial charge in [-0.15, -0.1) is 0 Å². The zero-order chi connectivity index (χ0) is 24.8. The summed E-state index contributed by atoms with van der Waals surface area (Å²) >= 11 is 0. The van der Waals surface area contributed by atoms with Gasteiger partial charge in [0, 0.05) is 42.0 Å². The monoisotopic (exact) mass is 495 g/mol. The number of sulfonamides is 1. The van der Waals surface area contributed by atoms with Gasteiger partial charge in [-0.3, -0.25) is 9.78 Å². The molecule has 3 aromatic rings. The van der Waals surface area contributed by atoms with Crippen LogP contribution in [0.25, 0.3) is 17.0 Å². The number of aryl methyl sites for hydroxylation is 1. The molecule has 0 aliphatic carbocycles. The van der Waals surface area contributed by atoms with Crippen LogP contribution >= 0.6 is 0 Å². The Labute approximate surface area is 203 Å². The highest BCUT2D eigenvalue weighted by Crippen LogP contribution is 2.24. The van der Waals surface area contributed by atoms with E-state index in [1.165, 1.54) is 16.4 Å². The van der Waals surface area contributed by atoms with E-state index in [2.05, 4.69) is 10.3 Å². The van der Waals surface area contributed by atoms with Crippen LogP contribution in [0, 0.1) is 6.92 Å². The predicted octanol–water partition coefficient (Wildman–Crippen LogP) is 2.76. The molecule has 0 saturated carbocycles. The Kier molecular flexibility index (Phi) is 7.54. The van der Waals surface area contributed by atoms with Crippen LogP contribution in [0.5, 0.6) is 0 Å². The standard InChI is InChI=1S/C25H25N3O6S/c1-18-7-9-21(16-22(18)35(31,32)28-12-14-33-15-13-28)27-23(29)17-34-24(30)10-8-20-5-2-4-19-6-3-11-26-25(19)20/h2-11,16H,12-15,17H2,1H3,(H,27,29)/b10-8+. The molecule has 0 unspecified atom stereocenters. The van der Waals surface area contributed by atoms with Crippen LogP contribution in [0.1, 0.15) is 11.1 Å². The maximum Gasteiger partial charge on any atom is 0.331 e. The molecule has 1 fully saturated rings. The van der Waals surface area contributed by atoms with Crippen LogP contribution in [-0.4, -0.2) is 62.5 Å². The number of carbonyl (C=O) groups excluding carboxylic acids is 2. The molecular weight excluding hydrogens is 470 g/mol. The molecule has 1 aliphatic heterocycles. The van der Waals surface area contributed by atoms with Crippen LogP contribution in [0.4, 0.5) is 5.69 Å². The number of carbonyl (C=O) groups is 2. The van der Waals surface area contributed by atoms with Crippen molar-refractivity contribution in [2.75, 3.05) is 38.2 Å². The third-order valence-electron chi connectivity index (χ3n) is 5.47. The van der Waals surface area contributed by atoms with E-state index < -0.39 is 28.5 Å². The molecule has 2 aromatic carbocycles. The number of benzene rings is 2. The molecule has 1 N–H and O–H groups in total. The number of hydrogen-bond acceptors (Lipinski definition) is 7. The average Bonchev–Trinajstić information content (AvgIpc) is 2.87. The fourth-order valence-electron chi connectivity index (χ4n) is 3.68. The number of rotatable bonds is 7. The number of morpholine rings is 1. The fourth-order valence-corrected chi connectivity index (χ4v) is 5.34. The number of aromatic nitrogens is 1. The van der Waals surface area contributed by atoms with E-state index in [9.17, 15) is 18.0 Å². The summed E-state index contributed by atoms with van der Waals surface area (Å²) in [5.41, 5.74) is 2.35. The minimum Gasteiger partial charge on any atom is -0.452 e. The minimum atomic E-state index is -3.72. The Morgan fingerprint density at radius 3 is 2.71 bits per heavy atom. The summed E-state index contributed by atoms with van der Waals surface area (Å²) in [4.78, 5) is 28.9. The first-order valence-electron chi connectivity index (χ1n) is 11.0. The Morgan fingerprint density at radius 2 is 1.91 bits per heavy atom. The van der Waals surface area contributed by atoms with E-state index >= 15 is 0 Å². The van der Waals surface area contributed by atoms with E-state index in [0.717, 1.165) is 16.5 Å². The van der Waals surface area contributed by atoms with Gasteiger partial charge in [0.05, 0.1) is 23.6 Å². The van der Waals surface area contributed by atoms with Crippen molar-refractivity contribution in [2.45, 2.75) is 11.8 Å². The first-order chi connectivity index (χ1) is 16.8. The molecule has 1 aliphatic rings. The Balaban J connectivity index is 1.36. The maximum absolute atomic E-state index is 13.0. The third kappa shape index (κ3) is 5.91. The summed E-state index contributed by atoms with van der Waals surface area (Å²) in [5.74, 6) is -1.27. The normalized spacial score (nSPS) is 14.8. The van der Waals surface area contributed by atoms with Gasteiger partial charge in [-0.2, -0.15) is 4.31 Å². The highest BCUT2D eigenvalue weighted by Gasteiger charge is 2.28. The van der Waals surface area contributed by atoms with Gasteiger partial charge >= 0.3 is 5.97 Å². The van der Waals surface area contributed by atoms with Gasteiger partial charge in [0.1, 0.15) is 0 Å². The molecule has 0 radical (unpaired) electrons. The molecule has 0 bridgehead atoms. The first kappa shape index (κ1) is 24.5. The van der Waals surface area contributed by atoms with Crippen molar-refractivity contribution >= 4 is 44.6 Å². The number of pyridine rings is 1. The maximum atomic E-state index is 13.0. The molecular formula is C25H25N3O6S. The van der Waals surface area contributed by atoms with Gasteiger partial charge in [-0.05, 0) is 36.8 Å². The minimum absolute atomic E-state index is 0.112. The van der Waals surface area contributed by atoms with E-state index in [0.29, 0.717) is 24.5 Å². The Hall–Kier alpha value is -3.60. The lowest BCUT2D eigenvalue weighted by Crippen LogP contribution is -2.40. The van der Waals surface area contributed by atoms with Gasteiger partial charge in [0.2, 0.25) is 10.0 Å². The van der Waals surface area contributed by atoms with Crippen molar-refractivity contribution in [1.29, 1.82) is 0 Å². The number of ether oxygens (including phenoxy) is 2. The summed E-state index contributed by atoms with van der Waals surface area (Å²) in [6.45, 7) is 2.40. The summed E-state index contributed by atoms with van der Waals surface area (Å²) in [6.07, 6.45) is 4.49. The molecule has 1 amide bonds. The lowest BCUT2D eigenvalue weighted by atomic mass is 10.1. The molecule has 1 saturated heterocycles. The molecule has 0 atom stereocenters. The highest BCUT2D eigenvalue weighted by molar-refractivity contribution is 7.89. The van der Waals surface area contributed by atoms with Crippen molar-refractivity contribution < 1.29 is 27.5 Å². The zero-order valence-electron chi connectivity index (χ0n) is 19.1. The van der Waals surface area contributed by atoms with Crippen LogP contribution in [0.2, 0.25) is 0 Å². The summed E-state index contributed by atoms with van der Waals surface area (Å²) < 4.78 is 37.6. The first-order valence-corrected chi connectivity index (χ1v) is 12.5. The molecule has 2 heterocycles. The smallest absolute Gasteiger partial charge is 0.331 e. The quantitative estimate of drug-likeness (QED) is 0.396. The van der Waals surface area contributed by atoms with Crippen molar-refractivity contribution in [3.05, 3.63) is 71.9 Å². The number of para-hydroxylation sites is 1. The second kappa shape index (κ2) is 10.8. The van der Waals surface area contributed by atoms with Gasteiger partial charge in [-0.25, -0.2) is 13.2 Å². The SMILES string of the molecule is Cc1ccc(NC(=O)COC(=O)/C=C/c2cccc3cccnc23)cc1S(=O)(=O)N1CCOCC1. The van der Waals surface area contributed by atoms with Crippen molar-refractivity contribution in [1.82, 2.24) is 9.29 Å². The lowest BCUT2D eigenvalue weighted by molar-refractivity contribution is -0.142. The fraction of sp³-hybridized carbons (Fsp3) is 0.240. The van der Waals surface area contributed by atoms with Gasteiger partial charge < -0.3 is 14.8 Å². The zero-order valence-corrected chi connectivity index (χ0v) is 20.0. The van der Waals surface area contributed by atoms with Crippen LogP contribution in [-0.2, 0) is 29.1 Å². The molecule has 35 heavy (non-hydrogen) atoms. The summed E-state index contributed by atoms with van der Waals surface area (Å²) in [5, 5.41) is 3.52. The number of nitrogens with zero attached hydrogens (tertiary/aromatic N) is 2. The molecule has 10 heteroatoms. The number of nitrogens with one attached hydrogen (secondary N) is 1. The van der Waals surface area contributed by atoms with Gasteiger partial charge in [0.25, 0.3) is 5.91 Å². The average molecular weight is 496 g/mol. The van der Waals surface area contributed by atoms with Crippen molar-refractivity contribution in [2.24, 2.45) is 0 Å². The third-order valence-corrected chi connectivity index (χ3v) is 7.51.